The Morgan fingerprint density at radius 1 is 1.12 bits per heavy atom. The van der Waals surface area contributed by atoms with E-state index >= 15 is 0 Å². The molecule has 21 heteroatoms. The second kappa shape index (κ2) is 18.8. The van der Waals surface area contributed by atoms with Gasteiger partial charge in [0.15, 0.2) is 6.10 Å². The number of hydrogen-bond acceptors (Lipinski definition) is 17. The highest BCUT2D eigenvalue weighted by Gasteiger charge is 2.29. The Labute approximate surface area is 289 Å². The molecule has 2 atom stereocenters. The number of carbonyl (C=O) groups excluding carboxylic acids is 2. The van der Waals surface area contributed by atoms with Crippen LogP contribution < -0.4 is 20.3 Å². The van der Waals surface area contributed by atoms with E-state index in [9.17, 15) is 29.8 Å². The van der Waals surface area contributed by atoms with Crippen molar-refractivity contribution in [2.24, 2.45) is 0 Å². The van der Waals surface area contributed by atoms with Crippen LogP contribution >= 0.6 is 11.6 Å². The van der Waals surface area contributed by atoms with Gasteiger partial charge in [0.1, 0.15) is 36.2 Å². The maximum atomic E-state index is 13.2. The quantitative estimate of drug-likeness (QED) is 0.0735. The van der Waals surface area contributed by atoms with Gasteiger partial charge in [0.05, 0.1) is 44.4 Å². The Kier molecular flexibility index (Phi) is 14.0. The molecule has 2 N–H and O–H groups in total. The number of methoxy groups -OCH3 is 1. The number of nitrogens with zero attached hydrogens (tertiary/aromatic N) is 7. The zero-order chi connectivity index (χ0) is 35.9. The third-order valence-corrected chi connectivity index (χ3v) is 7.44. The third-order valence-electron chi connectivity index (χ3n) is 7.15. The maximum Gasteiger partial charge on any atom is 0.308 e. The minimum absolute atomic E-state index is 0.0123. The molecule has 1 saturated heterocycles. The minimum Gasteiger partial charge on any atom is -0.495 e. The summed E-state index contributed by atoms with van der Waals surface area (Å²) < 4.78 is 15.9. The second-order valence-corrected chi connectivity index (χ2v) is 11.0. The molecule has 3 heterocycles. The third kappa shape index (κ3) is 11.5. The van der Waals surface area contributed by atoms with Crippen LogP contribution in [0.4, 0.5) is 11.8 Å². The van der Waals surface area contributed by atoms with Gasteiger partial charge in [-0.05, 0) is 36.6 Å². The standard InChI is InChI=1S/C29H34ClN9O11/c1-46-24-6-5-19(12-23(24)30)13-33-27-22(28(41)34-15-25-31-8-3-9-32-25)14-35-29(36-27)37-10-2-4-20(37)16-48-26(40)7-11-47-17-21(50-39(44)45)18-49-38(42)43/h3,5-6,8-9,12,14,20-21H,2,4,7,10-11,13,15-18H2,1H3,(H,34,41)(H,33,35,36). The van der Waals surface area contributed by atoms with Crippen molar-refractivity contribution in [1.29, 1.82) is 0 Å². The lowest BCUT2D eigenvalue weighted by Gasteiger charge is -2.25. The van der Waals surface area contributed by atoms with Crippen molar-refractivity contribution in [3.8, 4) is 5.75 Å². The van der Waals surface area contributed by atoms with Crippen LogP contribution in [0.5, 0.6) is 5.75 Å². The van der Waals surface area contributed by atoms with Gasteiger partial charge in [-0.15, -0.1) is 20.2 Å². The van der Waals surface area contributed by atoms with Gasteiger partial charge in [0.25, 0.3) is 16.1 Å². The summed E-state index contributed by atoms with van der Waals surface area (Å²) in [5.41, 5.74) is 0.989. The Morgan fingerprint density at radius 2 is 1.92 bits per heavy atom. The zero-order valence-electron chi connectivity index (χ0n) is 26.8. The fraction of sp³-hybridized carbons (Fsp3) is 0.448. The van der Waals surface area contributed by atoms with E-state index in [1.165, 1.54) is 13.3 Å². The molecule has 4 rings (SSSR count). The molecule has 0 aliphatic carbocycles. The first-order valence-corrected chi connectivity index (χ1v) is 15.6. The monoisotopic (exact) mass is 719 g/mol. The molecule has 2 aromatic heterocycles. The van der Waals surface area contributed by atoms with E-state index in [0.29, 0.717) is 35.5 Å². The highest BCUT2D eigenvalue weighted by atomic mass is 35.5. The average molecular weight is 720 g/mol. The summed E-state index contributed by atoms with van der Waals surface area (Å²) in [6, 6.07) is 6.70. The van der Waals surface area contributed by atoms with Crippen LogP contribution in [0.25, 0.3) is 0 Å². The smallest absolute Gasteiger partial charge is 0.308 e. The van der Waals surface area contributed by atoms with Crippen LogP contribution in [-0.4, -0.2) is 94.2 Å². The summed E-state index contributed by atoms with van der Waals surface area (Å²) in [4.78, 5) is 74.2. The van der Waals surface area contributed by atoms with Crippen LogP contribution in [0.3, 0.4) is 0 Å². The molecule has 0 radical (unpaired) electrons. The molecule has 2 unspecified atom stereocenters. The molecule has 268 valence electrons. The Bertz CT molecular complexity index is 1620. The van der Waals surface area contributed by atoms with Crippen LogP contribution in [0, 0.1) is 20.2 Å². The topological polar surface area (TPSA) is 245 Å². The number of nitrogens with one attached hydrogen (secondary N) is 2. The van der Waals surface area contributed by atoms with E-state index in [-0.39, 0.29) is 50.1 Å². The number of carbonyl (C=O) groups is 2. The van der Waals surface area contributed by atoms with Crippen molar-refractivity contribution >= 4 is 35.2 Å². The Morgan fingerprint density at radius 3 is 2.64 bits per heavy atom. The molecule has 3 aromatic rings. The number of hydrogen-bond donors (Lipinski definition) is 2. The van der Waals surface area contributed by atoms with Gasteiger partial charge in [-0.3, -0.25) is 9.59 Å². The Hall–Kier alpha value is -5.63. The van der Waals surface area contributed by atoms with Crippen LogP contribution in [-0.2, 0) is 37.0 Å². The van der Waals surface area contributed by atoms with Gasteiger partial charge in [-0.1, -0.05) is 17.7 Å². The number of rotatable bonds is 20. The Balaban J connectivity index is 1.37. The molecule has 1 aliphatic rings. The summed E-state index contributed by atoms with van der Waals surface area (Å²) in [5, 5.41) is 25.1. The molecule has 1 aliphatic heterocycles. The van der Waals surface area contributed by atoms with Crippen molar-refractivity contribution in [3.63, 3.8) is 0 Å². The van der Waals surface area contributed by atoms with Gasteiger partial charge in [-0.25, -0.2) is 15.0 Å². The number of anilines is 2. The van der Waals surface area contributed by atoms with E-state index in [2.05, 4.69) is 40.2 Å². The summed E-state index contributed by atoms with van der Waals surface area (Å²) in [6.07, 6.45) is 4.46. The first-order valence-electron chi connectivity index (χ1n) is 15.2. The highest BCUT2D eigenvalue weighted by Crippen LogP contribution is 2.27. The van der Waals surface area contributed by atoms with Crippen molar-refractivity contribution in [2.75, 3.05) is 50.3 Å². The molecule has 0 bridgehead atoms. The van der Waals surface area contributed by atoms with E-state index < -0.39 is 41.4 Å². The lowest BCUT2D eigenvalue weighted by atomic mass is 10.2. The summed E-state index contributed by atoms with van der Waals surface area (Å²) in [7, 11) is 1.52. The van der Waals surface area contributed by atoms with Gasteiger partial charge >= 0.3 is 5.97 Å². The number of benzene rings is 1. The van der Waals surface area contributed by atoms with Crippen molar-refractivity contribution in [1.82, 2.24) is 25.3 Å². The minimum atomic E-state index is -1.36. The van der Waals surface area contributed by atoms with E-state index in [1.54, 1.807) is 30.6 Å². The zero-order valence-corrected chi connectivity index (χ0v) is 27.5. The average Bonchev–Trinajstić information content (AvgIpc) is 3.58. The lowest BCUT2D eigenvalue weighted by molar-refractivity contribution is -0.790. The summed E-state index contributed by atoms with van der Waals surface area (Å²) in [6.45, 7) is -0.389. The first-order chi connectivity index (χ1) is 24.1. The number of ether oxygens (including phenoxy) is 3. The molecular formula is C29H34ClN9O11. The number of amides is 1. The molecule has 0 spiro atoms. The van der Waals surface area contributed by atoms with E-state index in [4.69, 9.17) is 25.8 Å². The number of esters is 1. The second-order valence-electron chi connectivity index (χ2n) is 10.6. The van der Waals surface area contributed by atoms with E-state index in [0.717, 1.165) is 12.0 Å². The molecule has 0 saturated carbocycles. The predicted octanol–water partition coefficient (Wildman–Crippen LogP) is 2.17. The van der Waals surface area contributed by atoms with Crippen molar-refractivity contribution in [3.05, 3.63) is 85.1 Å². The molecule has 1 aromatic carbocycles. The number of aromatic nitrogens is 4. The van der Waals surface area contributed by atoms with Gasteiger partial charge in [0, 0.05) is 31.7 Å². The molecule has 1 amide bonds. The SMILES string of the molecule is COc1ccc(CNc2nc(N3CCCC3COC(=O)CCOCC(CO[N+](=O)[O-])O[N+](=O)[O-])ncc2C(=O)NCc2ncccn2)cc1Cl. The van der Waals surface area contributed by atoms with Crippen molar-refractivity contribution in [2.45, 2.75) is 44.5 Å². The fourth-order valence-corrected chi connectivity index (χ4v) is 5.05. The molecule has 1 fully saturated rings. The summed E-state index contributed by atoms with van der Waals surface area (Å²) >= 11 is 6.30. The van der Waals surface area contributed by atoms with Gasteiger partial charge in [-0.2, -0.15) is 4.98 Å². The predicted molar refractivity (Wildman–Crippen MR) is 172 cm³/mol. The lowest BCUT2D eigenvalue weighted by Crippen LogP contribution is -2.36. The maximum absolute atomic E-state index is 13.2. The van der Waals surface area contributed by atoms with E-state index in [1.807, 2.05) is 11.0 Å². The normalized spacial score (nSPS) is 14.4. The highest BCUT2D eigenvalue weighted by molar-refractivity contribution is 6.32. The van der Waals surface area contributed by atoms with Gasteiger partial charge < -0.3 is 39.4 Å². The fourth-order valence-electron chi connectivity index (χ4n) is 4.77. The molecule has 50 heavy (non-hydrogen) atoms. The largest absolute Gasteiger partial charge is 0.495 e. The van der Waals surface area contributed by atoms with Crippen molar-refractivity contribution < 1.29 is 43.6 Å². The van der Waals surface area contributed by atoms with Crippen LogP contribution in [0.2, 0.25) is 5.02 Å². The number of halogens is 1. The van der Waals surface area contributed by atoms with Crippen LogP contribution in [0.15, 0.2) is 42.9 Å². The molecule has 20 nitrogen and oxygen atoms in total. The summed E-state index contributed by atoms with van der Waals surface area (Å²) in [5.74, 6) is 0.482. The first kappa shape index (κ1) is 37.2. The van der Waals surface area contributed by atoms with Crippen LogP contribution in [0.1, 0.15) is 41.0 Å². The van der Waals surface area contributed by atoms with Gasteiger partial charge in [0.2, 0.25) is 5.95 Å². The molecular weight excluding hydrogens is 686 g/mol.